The highest BCUT2D eigenvalue weighted by molar-refractivity contribution is 5.98. The topological polar surface area (TPSA) is 75.6 Å². The molecule has 2 N–H and O–H groups in total. The number of carbonyl (C=O) groups excluding carboxylic acids is 2. The quantitative estimate of drug-likeness (QED) is 0.843. The van der Waals surface area contributed by atoms with E-state index in [1.54, 1.807) is 13.0 Å². The highest BCUT2D eigenvalue weighted by Crippen LogP contribution is 2.20. The van der Waals surface area contributed by atoms with E-state index in [0.29, 0.717) is 5.69 Å². The molecule has 0 fully saturated rings. The van der Waals surface area contributed by atoms with E-state index < -0.39 is 18.0 Å². The molecule has 2 aromatic rings. The third-order valence-corrected chi connectivity index (χ3v) is 3.66. The molecule has 1 amide bonds. The lowest BCUT2D eigenvalue weighted by atomic mass is 10.1. The fraction of sp³-hybridized carbons (Fsp3) is 0.263. The van der Waals surface area contributed by atoms with E-state index >= 15 is 0 Å². The number of rotatable bonds is 4. The molecular formula is C19H21NO4. The molecule has 2 rings (SSSR count). The number of nitrogens with one attached hydrogen (secondary N) is 1. The Labute approximate surface area is 141 Å². The van der Waals surface area contributed by atoms with Gasteiger partial charge in [0.05, 0.1) is 0 Å². The number of benzene rings is 2. The predicted octanol–water partition coefficient (Wildman–Crippen LogP) is 3.50. The zero-order chi connectivity index (χ0) is 17.9. The van der Waals surface area contributed by atoms with Gasteiger partial charge in [-0.25, -0.2) is 4.79 Å². The Morgan fingerprint density at radius 3 is 2.33 bits per heavy atom. The maximum Gasteiger partial charge on any atom is 0.342 e. The summed E-state index contributed by atoms with van der Waals surface area (Å²) in [5.41, 5.74) is 3.55. The van der Waals surface area contributed by atoms with E-state index in [2.05, 4.69) is 5.32 Å². The SMILES string of the molecule is Cc1ccc(NC(=O)[C@H](C)OC(=O)c2cc(C)ccc2O)c(C)c1. The van der Waals surface area contributed by atoms with Crippen molar-refractivity contribution in [3.05, 3.63) is 58.7 Å². The molecule has 1 atom stereocenters. The molecule has 2 aromatic carbocycles. The molecule has 0 bridgehead atoms. The van der Waals surface area contributed by atoms with Crippen LogP contribution < -0.4 is 5.32 Å². The van der Waals surface area contributed by atoms with Gasteiger partial charge in [0.1, 0.15) is 11.3 Å². The van der Waals surface area contributed by atoms with Crippen LogP contribution in [0.15, 0.2) is 36.4 Å². The van der Waals surface area contributed by atoms with Crippen LogP contribution in [-0.2, 0) is 9.53 Å². The van der Waals surface area contributed by atoms with Crippen LogP contribution in [0.1, 0.15) is 34.0 Å². The van der Waals surface area contributed by atoms with Crippen molar-refractivity contribution in [2.45, 2.75) is 33.8 Å². The van der Waals surface area contributed by atoms with E-state index in [1.165, 1.54) is 19.1 Å². The molecule has 0 aliphatic rings. The predicted molar refractivity (Wildman–Crippen MR) is 92.3 cm³/mol. The van der Waals surface area contributed by atoms with Crippen molar-refractivity contribution < 1.29 is 19.4 Å². The third kappa shape index (κ3) is 4.13. The van der Waals surface area contributed by atoms with Crippen molar-refractivity contribution in [1.29, 1.82) is 0 Å². The van der Waals surface area contributed by atoms with Crippen LogP contribution in [0.5, 0.6) is 5.75 Å². The second-order valence-electron chi connectivity index (χ2n) is 5.88. The van der Waals surface area contributed by atoms with E-state index in [-0.39, 0.29) is 11.3 Å². The highest BCUT2D eigenvalue weighted by atomic mass is 16.5. The highest BCUT2D eigenvalue weighted by Gasteiger charge is 2.21. The van der Waals surface area contributed by atoms with E-state index in [4.69, 9.17) is 4.74 Å². The number of aryl methyl sites for hydroxylation is 3. The maximum atomic E-state index is 12.2. The number of phenolic OH excluding ortho intramolecular Hbond substituents is 1. The minimum atomic E-state index is -0.988. The number of hydrogen-bond acceptors (Lipinski definition) is 4. The lowest BCUT2D eigenvalue weighted by Crippen LogP contribution is -2.30. The molecule has 24 heavy (non-hydrogen) atoms. The van der Waals surface area contributed by atoms with Gasteiger partial charge in [-0.2, -0.15) is 0 Å². The summed E-state index contributed by atoms with van der Waals surface area (Å²) >= 11 is 0. The minimum Gasteiger partial charge on any atom is -0.507 e. The lowest BCUT2D eigenvalue weighted by molar-refractivity contribution is -0.123. The van der Waals surface area contributed by atoms with E-state index in [0.717, 1.165) is 16.7 Å². The molecule has 0 spiro atoms. The minimum absolute atomic E-state index is 0.0427. The first-order valence-electron chi connectivity index (χ1n) is 7.66. The van der Waals surface area contributed by atoms with Crippen LogP contribution in [-0.4, -0.2) is 23.1 Å². The number of anilines is 1. The molecule has 5 heteroatoms. The number of hydrogen-bond donors (Lipinski definition) is 2. The monoisotopic (exact) mass is 327 g/mol. The Bertz CT molecular complexity index is 783. The summed E-state index contributed by atoms with van der Waals surface area (Å²) in [6.45, 7) is 7.15. The van der Waals surface area contributed by atoms with Gasteiger partial charge in [0, 0.05) is 5.69 Å². The van der Waals surface area contributed by atoms with Crippen molar-refractivity contribution in [1.82, 2.24) is 0 Å². The summed E-state index contributed by atoms with van der Waals surface area (Å²) in [5, 5.41) is 12.5. The van der Waals surface area contributed by atoms with Crippen LogP contribution in [0.25, 0.3) is 0 Å². The number of esters is 1. The van der Waals surface area contributed by atoms with Crippen molar-refractivity contribution in [3.8, 4) is 5.75 Å². The van der Waals surface area contributed by atoms with Crippen LogP contribution in [0.3, 0.4) is 0 Å². The summed E-state index contributed by atoms with van der Waals surface area (Å²) in [5.74, 6) is -1.34. The molecule has 0 aliphatic heterocycles. The van der Waals surface area contributed by atoms with Crippen molar-refractivity contribution in [2.24, 2.45) is 0 Å². The van der Waals surface area contributed by atoms with Gasteiger partial charge in [-0.05, 0) is 51.5 Å². The van der Waals surface area contributed by atoms with Gasteiger partial charge in [-0.1, -0.05) is 29.3 Å². The largest absolute Gasteiger partial charge is 0.507 e. The molecule has 0 unspecified atom stereocenters. The zero-order valence-electron chi connectivity index (χ0n) is 14.2. The van der Waals surface area contributed by atoms with E-state index in [1.807, 2.05) is 32.0 Å². The summed E-state index contributed by atoms with van der Waals surface area (Å²) in [4.78, 5) is 24.4. The molecule has 0 aromatic heterocycles. The molecule has 0 saturated carbocycles. The summed E-state index contributed by atoms with van der Waals surface area (Å²) in [6, 6.07) is 10.3. The summed E-state index contributed by atoms with van der Waals surface area (Å²) < 4.78 is 5.16. The van der Waals surface area contributed by atoms with Gasteiger partial charge in [0.15, 0.2) is 6.10 Å². The second kappa shape index (κ2) is 7.17. The number of carbonyl (C=O) groups is 2. The first-order valence-corrected chi connectivity index (χ1v) is 7.66. The molecule has 0 radical (unpaired) electrons. The van der Waals surface area contributed by atoms with Crippen molar-refractivity contribution in [2.75, 3.05) is 5.32 Å². The van der Waals surface area contributed by atoms with Crippen molar-refractivity contribution >= 4 is 17.6 Å². The lowest BCUT2D eigenvalue weighted by Gasteiger charge is -2.15. The Morgan fingerprint density at radius 2 is 1.67 bits per heavy atom. The van der Waals surface area contributed by atoms with Crippen LogP contribution in [0, 0.1) is 20.8 Å². The summed E-state index contributed by atoms with van der Waals surface area (Å²) in [7, 11) is 0. The standard InChI is InChI=1S/C19H21NO4/c1-11-5-7-16(13(3)9-11)20-18(22)14(4)24-19(23)15-10-12(2)6-8-17(15)21/h5-10,14,21H,1-4H3,(H,20,22)/t14-/m0/s1. The van der Waals surface area contributed by atoms with Crippen LogP contribution in [0.4, 0.5) is 5.69 Å². The first kappa shape index (κ1) is 17.5. The molecule has 0 heterocycles. The van der Waals surface area contributed by atoms with Gasteiger partial charge in [-0.3, -0.25) is 4.79 Å². The second-order valence-corrected chi connectivity index (χ2v) is 5.88. The summed E-state index contributed by atoms with van der Waals surface area (Å²) in [6.07, 6.45) is -0.988. The Hall–Kier alpha value is -2.82. The van der Waals surface area contributed by atoms with E-state index in [9.17, 15) is 14.7 Å². The molecule has 0 saturated heterocycles. The molecule has 0 aliphatic carbocycles. The number of amides is 1. The third-order valence-electron chi connectivity index (χ3n) is 3.66. The van der Waals surface area contributed by atoms with Gasteiger partial charge in [0.25, 0.3) is 5.91 Å². The first-order chi connectivity index (χ1) is 11.3. The normalized spacial score (nSPS) is 11.7. The molecule has 5 nitrogen and oxygen atoms in total. The van der Waals surface area contributed by atoms with Gasteiger partial charge in [0.2, 0.25) is 0 Å². The smallest absolute Gasteiger partial charge is 0.342 e. The zero-order valence-corrected chi connectivity index (χ0v) is 14.2. The Kier molecular flexibility index (Phi) is 5.24. The average molecular weight is 327 g/mol. The van der Waals surface area contributed by atoms with Gasteiger partial charge in [-0.15, -0.1) is 0 Å². The van der Waals surface area contributed by atoms with Crippen molar-refractivity contribution in [3.63, 3.8) is 0 Å². The molecule has 126 valence electrons. The fourth-order valence-corrected chi connectivity index (χ4v) is 2.28. The van der Waals surface area contributed by atoms with Gasteiger partial charge >= 0.3 is 5.97 Å². The Balaban J connectivity index is 2.05. The Morgan fingerprint density at radius 1 is 1.04 bits per heavy atom. The number of ether oxygens (including phenoxy) is 1. The fourth-order valence-electron chi connectivity index (χ4n) is 2.28. The van der Waals surface area contributed by atoms with Crippen LogP contribution >= 0.6 is 0 Å². The maximum absolute atomic E-state index is 12.2. The number of phenols is 1. The van der Waals surface area contributed by atoms with Gasteiger partial charge < -0.3 is 15.2 Å². The molecular weight excluding hydrogens is 306 g/mol. The van der Waals surface area contributed by atoms with Crippen LogP contribution in [0.2, 0.25) is 0 Å². The average Bonchev–Trinajstić information content (AvgIpc) is 2.52. The number of aromatic hydroxyl groups is 1.